The highest BCUT2D eigenvalue weighted by Gasteiger charge is 2.20. The smallest absolute Gasteiger partial charge is 0.123 e. The summed E-state index contributed by atoms with van der Waals surface area (Å²) in [5.74, 6) is 0. The van der Waals surface area contributed by atoms with E-state index in [0.717, 1.165) is 17.6 Å². The van der Waals surface area contributed by atoms with Gasteiger partial charge in [-0.1, -0.05) is 18.2 Å². The molecule has 18 heavy (non-hydrogen) atoms. The maximum Gasteiger partial charge on any atom is 0.123 e. The quantitative estimate of drug-likeness (QED) is 0.905. The van der Waals surface area contributed by atoms with Crippen LogP contribution in [0.15, 0.2) is 23.6 Å². The van der Waals surface area contributed by atoms with E-state index in [0.29, 0.717) is 0 Å². The molecule has 1 heterocycles. The van der Waals surface area contributed by atoms with E-state index in [-0.39, 0.29) is 0 Å². The number of aryl methyl sites for hydroxylation is 1. The molecule has 1 aromatic carbocycles. The van der Waals surface area contributed by atoms with E-state index in [1.165, 1.54) is 35.2 Å². The van der Waals surface area contributed by atoms with Crippen LogP contribution >= 0.6 is 11.3 Å². The molecule has 0 spiro atoms. The van der Waals surface area contributed by atoms with Gasteiger partial charge in [0.2, 0.25) is 0 Å². The molecule has 1 N–H and O–H groups in total. The summed E-state index contributed by atoms with van der Waals surface area (Å²) in [6, 6.07) is 7.18. The molecule has 2 aromatic rings. The van der Waals surface area contributed by atoms with Gasteiger partial charge in [0.1, 0.15) is 5.01 Å². The standard InChI is InChI=1S/C15H18N2S/c1-10-4-3-5-14(11(10)2)15-17-13(9-18-15)8-16-12-6-7-12/h3-5,9,12,16H,6-8H2,1-2H3. The van der Waals surface area contributed by atoms with Crippen LogP contribution in [-0.2, 0) is 6.54 Å². The first-order valence-electron chi connectivity index (χ1n) is 6.48. The topological polar surface area (TPSA) is 24.9 Å². The van der Waals surface area contributed by atoms with Gasteiger partial charge in [-0.15, -0.1) is 11.3 Å². The fraction of sp³-hybridized carbons (Fsp3) is 0.400. The van der Waals surface area contributed by atoms with Crippen LogP contribution in [0.3, 0.4) is 0 Å². The summed E-state index contributed by atoms with van der Waals surface area (Å²) in [5.41, 5.74) is 5.12. The predicted octanol–water partition coefficient (Wildman–Crippen LogP) is 3.68. The van der Waals surface area contributed by atoms with Crippen LogP contribution in [0.5, 0.6) is 0 Å². The van der Waals surface area contributed by atoms with Crippen molar-refractivity contribution in [1.29, 1.82) is 0 Å². The van der Waals surface area contributed by atoms with Crippen LogP contribution in [0.1, 0.15) is 29.7 Å². The van der Waals surface area contributed by atoms with Crippen molar-refractivity contribution >= 4 is 11.3 Å². The number of rotatable bonds is 4. The molecule has 1 aliphatic rings. The lowest BCUT2D eigenvalue weighted by molar-refractivity contribution is 0.678. The van der Waals surface area contributed by atoms with E-state index in [1.807, 2.05) is 0 Å². The van der Waals surface area contributed by atoms with Gasteiger partial charge in [0.15, 0.2) is 0 Å². The average Bonchev–Trinajstić information content (AvgIpc) is 3.08. The Labute approximate surface area is 112 Å². The minimum Gasteiger partial charge on any atom is -0.308 e. The van der Waals surface area contributed by atoms with Crippen molar-refractivity contribution in [3.05, 3.63) is 40.4 Å². The Morgan fingerprint density at radius 2 is 2.17 bits per heavy atom. The Balaban J connectivity index is 1.80. The number of aromatic nitrogens is 1. The molecule has 1 aliphatic carbocycles. The molecule has 0 aliphatic heterocycles. The van der Waals surface area contributed by atoms with Gasteiger partial charge >= 0.3 is 0 Å². The van der Waals surface area contributed by atoms with Gasteiger partial charge in [0.25, 0.3) is 0 Å². The number of hydrogen-bond acceptors (Lipinski definition) is 3. The summed E-state index contributed by atoms with van der Waals surface area (Å²) in [7, 11) is 0. The zero-order valence-electron chi connectivity index (χ0n) is 10.9. The number of nitrogens with one attached hydrogen (secondary N) is 1. The Kier molecular flexibility index (Phi) is 3.18. The third-order valence-corrected chi connectivity index (χ3v) is 4.46. The van der Waals surface area contributed by atoms with Crippen molar-refractivity contribution in [3.8, 4) is 10.6 Å². The molecule has 1 saturated carbocycles. The summed E-state index contributed by atoms with van der Waals surface area (Å²) in [5, 5.41) is 6.82. The van der Waals surface area contributed by atoms with E-state index in [4.69, 9.17) is 4.98 Å². The van der Waals surface area contributed by atoms with Gasteiger partial charge in [-0.05, 0) is 37.8 Å². The fourth-order valence-electron chi connectivity index (χ4n) is 2.03. The van der Waals surface area contributed by atoms with E-state index in [9.17, 15) is 0 Å². The molecule has 3 rings (SSSR count). The first-order valence-corrected chi connectivity index (χ1v) is 7.36. The van der Waals surface area contributed by atoms with Crippen molar-refractivity contribution in [2.45, 2.75) is 39.3 Å². The van der Waals surface area contributed by atoms with Gasteiger partial charge in [0, 0.05) is 23.5 Å². The number of hydrogen-bond donors (Lipinski definition) is 1. The Morgan fingerprint density at radius 3 is 2.94 bits per heavy atom. The van der Waals surface area contributed by atoms with Gasteiger partial charge in [-0.2, -0.15) is 0 Å². The van der Waals surface area contributed by atoms with E-state index < -0.39 is 0 Å². The zero-order valence-corrected chi connectivity index (χ0v) is 11.7. The van der Waals surface area contributed by atoms with E-state index >= 15 is 0 Å². The number of benzene rings is 1. The SMILES string of the molecule is Cc1cccc(-c2nc(CNC3CC3)cs2)c1C. The third-order valence-electron chi connectivity index (χ3n) is 3.54. The molecular formula is C15H18N2S. The van der Waals surface area contributed by atoms with Crippen LogP contribution < -0.4 is 5.32 Å². The number of thiazole rings is 1. The second-order valence-electron chi connectivity index (χ2n) is 5.05. The molecular weight excluding hydrogens is 240 g/mol. The van der Waals surface area contributed by atoms with Crippen molar-refractivity contribution < 1.29 is 0 Å². The second-order valence-corrected chi connectivity index (χ2v) is 5.90. The molecule has 94 valence electrons. The van der Waals surface area contributed by atoms with Crippen LogP contribution in [-0.4, -0.2) is 11.0 Å². The van der Waals surface area contributed by atoms with Crippen LogP contribution in [0, 0.1) is 13.8 Å². The van der Waals surface area contributed by atoms with Crippen LogP contribution in [0.25, 0.3) is 10.6 Å². The predicted molar refractivity (Wildman–Crippen MR) is 76.9 cm³/mol. The Morgan fingerprint density at radius 1 is 1.33 bits per heavy atom. The molecule has 0 saturated heterocycles. The zero-order chi connectivity index (χ0) is 12.5. The largest absolute Gasteiger partial charge is 0.308 e. The van der Waals surface area contributed by atoms with Crippen LogP contribution in [0.4, 0.5) is 0 Å². The normalized spacial score (nSPS) is 15.0. The summed E-state index contributed by atoms with van der Waals surface area (Å²) >= 11 is 1.75. The fourth-order valence-corrected chi connectivity index (χ4v) is 2.93. The molecule has 0 radical (unpaired) electrons. The first-order chi connectivity index (χ1) is 8.74. The maximum atomic E-state index is 4.74. The minimum absolute atomic E-state index is 0.746. The summed E-state index contributed by atoms with van der Waals surface area (Å²) in [4.78, 5) is 4.74. The highest BCUT2D eigenvalue weighted by atomic mass is 32.1. The van der Waals surface area contributed by atoms with E-state index in [2.05, 4.69) is 42.7 Å². The lowest BCUT2D eigenvalue weighted by Gasteiger charge is -2.05. The van der Waals surface area contributed by atoms with Crippen LogP contribution in [0.2, 0.25) is 0 Å². The van der Waals surface area contributed by atoms with E-state index in [1.54, 1.807) is 11.3 Å². The third kappa shape index (κ3) is 2.47. The van der Waals surface area contributed by atoms with Gasteiger partial charge in [-0.25, -0.2) is 4.98 Å². The average molecular weight is 258 g/mol. The summed E-state index contributed by atoms with van der Waals surface area (Å²) < 4.78 is 0. The molecule has 0 unspecified atom stereocenters. The van der Waals surface area contributed by atoms with Crippen molar-refractivity contribution in [1.82, 2.24) is 10.3 Å². The summed E-state index contributed by atoms with van der Waals surface area (Å²) in [6.07, 6.45) is 2.65. The lowest BCUT2D eigenvalue weighted by Crippen LogP contribution is -2.15. The van der Waals surface area contributed by atoms with Gasteiger partial charge < -0.3 is 5.32 Å². The highest BCUT2D eigenvalue weighted by Crippen LogP contribution is 2.28. The molecule has 0 amide bonds. The summed E-state index contributed by atoms with van der Waals surface area (Å²) in [6.45, 7) is 5.24. The van der Waals surface area contributed by atoms with Crippen molar-refractivity contribution in [3.63, 3.8) is 0 Å². The minimum atomic E-state index is 0.746. The Hall–Kier alpha value is -1.19. The second kappa shape index (κ2) is 4.82. The molecule has 2 nitrogen and oxygen atoms in total. The first kappa shape index (κ1) is 11.9. The highest BCUT2D eigenvalue weighted by molar-refractivity contribution is 7.13. The van der Waals surface area contributed by atoms with Gasteiger partial charge in [0.05, 0.1) is 5.69 Å². The monoisotopic (exact) mass is 258 g/mol. The van der Waals surface area contributed by atoms with Crippen molar-refractivity contribution in [2.75, 3.05) is 0 Å². The molecule has 1 aromatic heterocycles. The molecule has 1 fully saturated rings. The molecule has 0 bridgehead atoms. The van der Waals surface area contributed by atoms with Crippen molar-refractivity contribution in [2.24, 2.45) is 0 Å². The number of nitrogens with zero attached hydrogens (tertiary/aromatic N) is 1. The Bertz CT molecular complexity index is 555. The molecule has 3 heteroatoms. The lowest BCUT2D eigenvalue weighted by atomic mass is 10.0. The van der Waals surface area contributed by atoms with Gasteiger partial charge in [-0.3, -0.25) is 0 Å². The molecule has 0 atom stereocenters. The maximum absolute atomic E-state index is 4.74.